The first-order chi connectivity index (χ1) is 11.7. The lowest BCUT2D eigenvalue weighted by Gasteiger charge is -2.31. The maximum atomic E-state index is 12.9. The summed E-state index contributed by atoms with van der Waals surface area (Å²) in [4.78, 5) is 24.0. The van der Waals surface area contributed by atoms with Crippen molar-refractivity contribution in [2.75, 3.05) is 19.8 Å². The van der Waals surface area contributed by atoms with E-state index in [1.54, 1.807) is 11.8 Å². The Kier molecular flexibility index (Phi) is 4.41. The molecule has 3 heterocycles. The van der Waals surface area contributed by atoms with Crippen molar-refractivity contribution in [1.29, 1.82) is 0 Å². The Labute approximate surface area is 145 Å². The van der Waals surface area contributed by atoms with Crippen molar-refractivity contribution in [2.45, 2.75) is 42.5 Å². The fraction of sp³-hybridized carbons (Fsp3) is 0.500. The van der Waals surface area contributed by atoms with E-state index in [4.69, 9.17) is 4.74 Å². The molecule has 0 bridgehead atoms. The molecule has 2 aliphatic rings. The average Bonchev–Trinajstić information content (AvgIpc) is 2.96. The smallest absolute Gasteiger partial charge is 0.236 e. The van der Waals surface area contributed by atoms with Crippen LogP contribution in [0.2, 0.25) is 0 Å². The number of ether oxygens (including phenoxy) is 1. The summed E-state index contributed by atoms with van der Waals surface area (Å²) in [7, 11) is 0. The fourth-order valence-electron chi connectivity index (χ4n) is 3.53. The zero-order valence-corrected chi connectivity index (χ0v) is 14.6. The summed E-state index contributed by atoms with van der Waals surface area (Å²) < 4.78 is 5.42. The number of likely N-dealkylation sites (tertiary alicyclic amines) is 1. The molecule has 6 heteroatoms. The van der Waals surface area contributed by atoms with Gasteiger partial charge in [0.15, 0.2) is 0 Å². The maximum absolute atomic E-state index is 12.9. The topological polar surface area (TPSA) is 55.3 Å². The predicted octanol–water partition coefficient (Wildman–Crippen LogP) is 2.81. The zero-order chi connectivity index (χ0) is 16.5. The highest BCUT2D eigenvalue weighted by molar-refractivity contribution is 8.00. The number of benzene rings is 1. The minimum absolute atomic E-state index is 0.0365. The first kappa shape index (κ1) is 15.8. The summed E-state index contributed by atoms with van der Waals surface area (Å²) in [6.07, 6.45) is 2.80. The highest BCUT2D eigenvalue weighted by Crippen LogP contribution is 2.35. The number of hydrogen-bond donors (Lipinski definition) is 0. The van der Waals surface area contributed by atoms with E-state index < -0.39 is 0 Å². The third-order valence-electron chi connectivity index (χ3n) is 4.76. The van der Waals surface area contributed by atoms with E-state index in [-0.39, 0.29) is 11.2 Å². The van der Waals surface area contributed by atoms with Crippen LogP contribution in [-0.4, -0.2) is 51.8 Å². The van der Waals surface area contributed by atoms with Gasteiger partial charge in [-0.1, -0.05) is 30.0 Å². The number of aromatic nitrogens is 2. The quantitative estimate of drug-likeness (QED) is 0.802. The lowest BCUT2D eigenvalue weighted by molar-refractivity contribution is -0.130. The number of hydrogen-bond acceptors (Lipinski definition) is 5. The minimum Gasteiger partial charge on any atom is -0.381 e. The molecular formula is C18H21N3O2S. The minimum atomic E-state index is -0.0365. The summed E-state index contributed by atoms with van der Waals surface area (Å²) in [5.41, 5.74) is 0.944. The van der Waals surface area contributed by atoms with E-state index in [1.807, 2.05) is 31.2 Å². The van der Waals surface area contributed by atoms with E-state index in [9.17, 15) is 4.79 Å². The lowest BCUT2D eigenvalue weighted by atomic mass is 10.1. The third kappa shape index (κ3) is 3.00. The normalized spacial score (nSPS) is 22.5. The molecule has 0 aliphatic carbocycles. The number of rotatable bonds is 3. The second-order valence-electron chi connectivity index (χ2n) is 6.36. The second-order valence-corrected chi connectivity index (χ2v) is 7.55. The van der Waals surface area contributed by atoms with E-state index in [1.165, 1.54) is 0 Å². The molecule has 5 nitrogen and oxygen atoms in total. The van der Waals surface area contributed by atoms with E-state index in [0.29, 0.717) is 6.04 Å². The Bertz CT molecular complexity index is 761. The van der Waals surface area contributed by atoms with E-state index in [2.05, 4.69) is 14.9 Å². The number of fused-ring (bicyclic) bond motifs is 1. The van der Waals surface area contributed by atoms with Crippen LogP contribution in [-0.2, 0) is 9.53 Å². The van der Waals surface area contributed by atoms with Crippen molar-refractivity contribution in [2.24, 2.45) is 0 Å². The van der Waals surface area contributed by atoms with Crippen LogP contribution in [0.5, 0.6) is 0 Å². The molecule has 1 aromatic heterocycles. The van der Waals surface area contributed by atoms with Gasteiger partial charge in [-0.3, -0.25) is 4.79 Å². The van der Waals surface area contributed by atoms with Gasteiger partial charge >= 0.3 is 0 Å². The van der Waals surface area contributed by atoms with Crippen molar-refractivity contribution >= 4 is 28.6 Å². The Balaban J connectivity index is 1.55. The van der Waals surface area contributed by atoms with Gasteiger partial charge in [-0.2, -0.15) is 0 Å². The number of amides is 1. The van der Waals surface area contributed by atoms with Crippen molar-refractivity contribution in [3.05, 3.63) is 30.1 Å². The zero-order valence-electron chi connectivity index (χ0n) is 13.8. The molecule has 4 rings (SSSR count). The fourth-order valence-corrected chi connectivity index (χ4v) is 4.74. The second kappa shape index (κ2) is 6.69. The van der Waals surface area contributed by atoms with Gasteiger partial charge in [0, 0.05) is 31.2 Å². The van der Waals surface area contributed by atoms with Crippen LogP contribution in [0.1, 0.15) is 25.1 Å². The summed E-state index contributed by atoms with van der Waals surface area (Å²) in [6, 6.07) is 8.36. The van der Waals surface area contributed by atoms with Crippen LogP contribution in [0, 0.1) is 6.92 Å². The lowest BCUT2D eigenvalue weighted by Crippen LogP contribution is -2.41. The average molecular weight is 343 g/mol. The SMILES string of the molecule is Cc1nc(SC2CCN(C3CCOCC3)C2=O)c2ccccc2n1. The molecule has 126 valence electrons. The van der Waals surface area contributed by atoms with Gasteiger partial charge in [-0.05, 0) is 32.3 Å². The first-order valence-electron chi connectivity index (χ1n) is 8.50. The molecule has 0 radical (unpaired) electrons. The van der Waals surface area contributed by atoms with E-state index in [0.717, 1.165) is 60.8 Å². The van der Waals surface area contributed by atoms with Gasteiger partial charge in [0.05, 0.1) is 10.8 Å². The summed E-state index contributed by atoms with van der Waals surface area (Å²) in [5.74, 6) is 1.01. The Morgan fingerprint density at radius 1 is 1.17 bits per heavy atom. The monoisotopic (exact) mass is 343 g/mol. The van der Waals surface area contributed by atoms with Crippen molar-refractivity contribution in [3.63, 3.8) is 0 Å². The standard InChI is InChI=1S/C18H21N3O2S/c1-12-19-15-5-3-2-4-14(15)17(20-12)24-16-6-9-21(18(16)22)13-7-10-23-11-8-13/h2-5,13,16H,6-11H2,1H3. The van der Waals surface area contributed by atoms with Gasteiger partial charge < -0.3 is 9.64 Å². The number of carbonyl (C=O) groups is 1. The first-order valence-corrected chi connectivity index (χ1v) is 9.38. The molecule has 0 N–H and O–H groups in total. The molecule has 2 saturated heterocycles. The van der Waals surface area contributed by atoms with Gasteiger partial charge in [0.1, 0.15) is 10.9 Å². The van der Waals surface area contributed by atoms with Gasteiger partial charge in [0.2, 0.25) is 5.91 Å². The molecule has 1 unspecified atom stereocenters. The van der Waals surface area contributed by atoms with Gasteiger partial charge in [0.25, 0.3) is 0 Å². The van der Waals surface area contributed by atoms with Gasteiger partial charge in [-0.25, -0.2) is 9.97 Å². The highest BCUT2D eigenvalue weighted by Gasteiger charge is 2.37. The van der Waals surface area contributed by atoms with Crippen LogP contribution >= 0.6 is 11.8 Å². The van der Waals surface area contributed by atoms with Crippen LogP contribution in [0.3, 0.4) is 0 Å². The van der Waals surface area contributed by atoms with Crippen LogP contribution < -0.4 is 0 Å². The Morgan fingerprint density at radius 2 is 1.96 bits per heavy atom. The Hall–Kier alpha value is -1.66. The predicted molar refractivity (Wildman–Crippen MR) is 94.1 cm³/mol. The molecule has 1 amide bonds. The molecule has 1 aromatic carbocycles. The highest BCUT2D eigenvalue weighted by atomic mass is 32.2. The van der Waals surface area contributed by atoms with Crippen LogP contribution in [0.15, 0.2) is 29.3 Å². The summed E-state index contributed by atoms with van der Waals surface area (Å²) >= 11 is 1.60. The van der Waals surface area contributed by atoms with Crippen molar-refractivity contribution in [1.82, 2.24) is 14.9 Å². The molecule has 2 aromatic rings. The number of aryl methyl sites for hydroxylation is 1. The molecule has 0 saturated carbocycles. The van der Waals surface area contributed by atoms with Crippen LogP contribution in [0.25, 0.3) is 10.9 Å². The largest absolute Gasteiger partial charge is 0.381 e. The molecular weight excluding hydrogens is 322 g/mol. The number of carbonyl (C=O) groups excluding carboxylic acids is 1. The molecule has 0 spiro atoms. The third-order valence-corrected chi connectivity index (χ3v) is 6.01. The van der Waals surface area contributed by atoms with E-state index >= 15 is 0 Å². The molecule has 2 aliphatic heterocycles. The van der Waals surface area contributed by atoms with Crippen LogP contribution in [0.4, 0.5) is 0 Å². The molecule has 1 atom stereocenters. The van der Waals surface area contributed by atoms with Crippen molar-refractivity contribution < 1.29 is 9.53 Å². The Morgan fingerprint density at radius 3 is 2.79 bits per heavy atom. The summed E-state index contributed by atoms with van der Waals surface area (Å²) in [5, 5.41) is 1.92. The van der Waals surface area contributed by atoms with Gasteiger partial charge in [-0.15, -0.1) is 0 Å². The number of nitrogens with zero attached hydrogens (tertiary/aromatic N) is 3. The number of para-hydroxylation sites is 1. The number of thioether (sulfide) groups is 1. The molecule has 24 heavy (non-hydrogen) atoms. The maximum Gasteiger partial charge on any atom is 0.236 e. The summed E-state index contributed by atoms with van der Waals surface area (Å²) in [6.45, 7) is 4.29. The van der Waals surface area contributed by atoms with Crippen molar-refractivity contribution in [3.8, 4) is 0 Å². The molecule has 2 fully saturated rings.